The molecule has 1 saturated heterocycles. The van der Waals surface area contributed by atoms with Gasteiger partial charge in [-0.1, -0.05) is 0 Å². The Kier molecular flexibility index (Phi) is 14.5. The molecule has 14 heteroatoms. The van der Waals surface area contributed by atoms with Crippen LogP contribution in [0.3, 0.4) is 0 Å². The molecular weight excluding hydrogens is 563 g/mol. The van der Waals surface area contributed by atoms with Gasteiger partial charge in [-0.2, -0.15) is 0 Å². The molecule has 0 aromatic carbocycles. The first-order chi connectivity index (χ1) is 18.5. The Labute approximate surface area is 240 Å². The molecule has 0 spiro atoms. The van der Waals surface area contributed by atoms with Crippen LogP contribution >= 0.6 is 31.4 Å². The summed E-state index contributed by atoms with van der Waals surface area (Å²) in [5.74, 6) is 1.49. The Balaban J connectivity index is 2.58. The van der Waals surface area contributed by atoms with Crippen molar-refractivity contribution in [2.24, 2.45) is 0 Å². The van der Waals surface area contributed by atoms with Gasteiger partial charge in [0, 0.05) is 0 Å². The van der Waals surface area contributed by atoms with Crippen LogP contribution in [0.5, 0.6) is 0 Å². The van der Waals surface area contributed by atoms with Crippen LogP contribution in [-0.4, -0.2) is 99.5 Å². The van der Waals surface area contributed by atoms with Crippen molar-refractivity contribution in [3.05, 3.63) is 32.6 Å². The Morgan fingerprint density at radius 1 is 1.18 bits per heavy atom. The number of hydrogen-bond acceptors (Lipinski definition) is 11. The van der Waals surface area contributed by atoms with Crippen LogP contribution in [0.2, 0.25) is 0 Å². The van der Waals surface area contributed by atoms with Crippen LogP contribution in [-0.2, 0) is 18.7 Å². The van der Waals surface area contributed by atoms with Gasteiger partial charge >= 0.3 is 241 Å². The molecule has 1 aliphatic rings. The Morgan fingerprint density at radius 3 is 2.41 bits per heavy atom. The normalized spacial score (nSPS) is 22.2. The van der Waals surface area contributed by atoms with Crippen molar-refractivity contribution in [2.75, 3.05) is 50.0 Å². The van der Waals surface area contributed by atoms with Crippen molar-refractivity contribution in [1.29, 1.82) is 5.26 Å². The van der Waals surface area contributed by atoms with E-state index in [1.165, 1.54) is 10.8 Å². The molecule has 0 unspecified atom stereocenters. The summed E-state index contributed by atoms with van der Waals surface area (Å²) in [5, 5.41) is 9.38. The number of hydrogen-bond donors (Lipinski definition) is 2. The van der Waals surface area contributed by atoms with Crippen molar-refractivity contribution in [3.8, 4) is 6.07 Å². The van der Waals surface area contributed by atoms with Crippen LogP contribution < -0.4 is 11.2 Å². The average molecular weight is 609 g/mol. The van der Waals surface area contributed by atoms with Gasteiger partial charge in [0.05, 0.1) is 0 Å². The van der Waals surface area contributed by atoms with E-state index in [2.05, 4.69) is 11.1 Å². The zero-order valence-corrected chi connectivity index (χ0v) is 26.7. The van der Waals surface area contributed by atoms with Crippen LogP contribution in [0.25, 0.3) is 0 Å². The van der Waals surface area contributed by atoms with Gasteiger partial charge in [-0.05, 0) is 0 Å². The Morgan fingerprint density at radius 2 is 1.82 bits per heavy atom. The van der Waals surface area contributed by atoms with E-state index in [0.717, 1.165) is 5.75 Å². The van der Waals surface area contributed by atoms with E-state index in [9.17, 15) is 19.7 Å². The fourth-order valence-electron chi connectivity index (χ4n) is 4.86. The zero-order valence-electron chi connectivity index (χ0n) is 24.0. The standard InChI is InChI=1S/C25H45N4O7PS2/c1-17(2)29(18(3)4)37(32,12-8-9-26)36-21-20(16-33-10-13-38-6)35-24(22(21)34-11-14-39-7)28-15-19(5)23(30)27-25(28)31/h15,17-18,20-22,24,32,37H,8,10-14,16H2,1-7H3,(H,27,30,31)/t20-,21-,22-,24-/m1/s1. The first-order valence-corrected chi connectivity index (χ1v) is 18.0. The second kappa shape index (κ2) is 16.5. The maximum absolute atomic E-state index is 12.9. The van der Waals surface area contributed by atoms with Crippen LogP contribution in [0.1, 0.15) is 45.9 Å². The summed E-state index contributed by atoms with van der Waals surface area (Å²) in [6, 6.07) is 2.05. The first kappa shape index (κ1) is 34.3. The molecule has 1 aliphatic heterocycles. The van der Waals surface area contributed by atoms with Gasteiger partial charge < -0.3 is 0 Å². The van der Waals surface area contributed by atoms with E-state index in [-0.39, 0.29) is 31.3 Å². The number of ether oxygens (including phenoxy) is 3. The van der Waals surface area contributed by atoms with Crippen LogP contribution in [0.4, 0.5) is 0 Å². The summed E-state index contributed by atoms with van der Waals surface area (Å²) >= 11 is 3.27. The number of nitrogens with one attached hydrogen (secondary N) is 1. The van der Waals surface area contributed by atoms with E-state index in [1.807, 2.05) is 44.9 Å². The quantitative estimate of drug-likeness (QED) is 0.199. The molecule has 2 N–H and O–H groups in total. The van der Waals surface area contributed by atoms with E-state index >= 15 is 0 Å². The second-order valence-corrected chi connectivity index (χ2v) is 14.7. The first-order valence-electron chi connectivity index (χ1n) is 13.2. The van der Waals surface area contributed by atoms with Crippen LogP contribution in [0.15, 0.2) is 15.8 Å². The predicted octanol–water partition coefficient (Wildman–Crippen LogP) is 2.78. The molecule has 0 radical (unpaired) electrons. The van der Waals surface area contributed by atoms with Crippen molar-refractivity contribution in [1.82, 2.24) is 14.2 Å². The Bertz CT molecular complexity index is 1040. The summed E-state index contributed by atoms with van der Waals surface area (Å²) in [4.78, 5) is 39.4. The summed E-state index contributed by atoms with van der Waals surface area (Å²) in [7, 11) is -3.70. The summed E-state index contributed by atoms with van der Waals surface area (Å²) < 4.78 is 28.6. The van der Waals surface area contributed by atoms with Crippen molar-refractivity contribution >= 4 is 31.4 Å². The molecule has 1 aromatic heterocycles. The maximum atomic E-state index is 12.9. The van der Waals surface area contributed by atoms with Crippen molar-refractivity contribution < 1.29 is 23.6 Å². The molecule has 39 heavy (non-hydrogen) atoms. The molecule has 4 atom stereocenters. The number of aromatic nitrogens is 2. The third kappa shape index (κ3) is 9.28. The zero-order chi connectivity index (χ0) is 29.2. The summed E-state index contributed by atoms with van der Waals surface area (Å²) in [6.07, 6.45) is 2.56. The van der Waals surface area contributed by atoms with E-state index in [0.29, 0.717) is 24.5 Å². The average Bonchev–Trinajstić information content (AvgIpc) is 3.18. The Hall–Kier alpha value is -0.940. The van der Waals surface area contributed by atoms with E-state index < -0.39 is 43.7 Å². The molecule has 0 bridgehead atoms. The molecule has 11 nitrogen and oxygen atoms in total. The van der Waals surface area contributed by atoms with E-state index in [1.54, 1.807) is 30.4 Å². The third-order valence-electron chi connectivity index (χ3n) is 6.42. The number of thioether (sulfide) groups is 2. The fourth-order valence-corrected chi connectivity index (χ4v) is 8.68. The molecule has 0 saturated carbocycles. The molecule has 0 aliphatic carbocycles. The van der Waals surface area contributed by atoms with Gasteiger partial charge in [-0.25, -0.2) is 0 Å². The van der Waals surface area contributed by atoms with Gasteiger partial charge in [0.2, 0.25) is 0 Å². The van der Waals surface area contributed by atoms with Gasteiger partial charge in [-0.3, -0.25) is 0 Å². The molecule has 1 aromatic rings. The summed E-state index contributed by atoms with van der Waals surface area (Å²) in [5.41, 5.74) is -0.745. The minimum absolute atomic E-state index is 0.0462. The summed E-state index contributed by atoms with van der Waals surface area (Å²) in [6.45, 7) is 10.6. The molecule has 0 amide bonds. The number of aryl methyl sites for hydroxylation is 1. The van der Waals surface area contributed by atoms with Crippen molar-refractivity contribution in [3.63, 3.8) is 0 Å². The minimum atomic E-state index is -3.70. The molecule has 1 fully saturated rings. The monoisotopic (exact) mass is 608 g/mol. The topological polar surface area (TPSA) is 139 Å². The number of nitrogens with zero attached hydrogens (tertiary/aromatic N) is 3. The SMILES string of the molecule is CSCCOC[C@H]1O[C@@H](n2cc(C)c(=O)[nH]c2=O)[C@H](OCCSC)[C@@H]1O[PH](O)(CCC#N)N(C(C)C)C(C)C. The van der Waals surface area contributed by atoms with Gasteiger partial charge in [0.1, 0.15) is 0 Å². The van der Waals surface area contributed by atoms with E-state index in [4.69, 9.17) is 18.7 Å². The van der Waals surface area contributed by atoms with Gasteiger partial charge in [0.15, 0.2) is 0 Å². The fraction of sp³-hybridized carbons (Fsp3) is 0.800. The second-order valence-electron chi connectivity index (χ2n) is 10.0. The van der Waals surface area contributed by atoms with Crippen molar-refractivity contribution in [2.45, 2.75) is 77.7 Å². The van der Waals surface area contributed by atoms with Crippen LogP contribution in [0, 0.1) is 18.3 Å². The molecule has 2 heterocycles. The number of H-pyrrole nitrogens is 1. The predicted molar refractivity (Wildman–Crippen MR) is 160 cm³/mol. The molecule has 2 rings (SSSR count). The molecular formula is C25H45N4O7PS2. The van der Waals surface area contributed by atoms with Gasteiger partial charge in [-0.15, -0.1) is 0 Å². The number of rotatable bonds is 17. The third-order valence-corrected chi connectivity index (χ3v) is 11.0. The number of nitriles is 1. The number of aromatic amines is 1. The molecule has 224 valence electrons. The van der Waals surface area contributed by atoms with Gasteiger partial charge in [0.25, 0.3) is 0 Å².